The minimum atomic E-state index is -4.83. The van der Waals surface area contributed by atoms with Crippen molar-refractivity contribution in [2.45, 2.75) is 18.8 Å². The maximum atomic E-state index is 13.4. The van der Waals surface area contributed by atoms with Crippen LogP contribution in [0, 0.1) is 0 Å². The van der Waals surface area contributed by atoms with Crippen molar-refractivity contribution in [2.75, 3.05) is 5.01 Å². The third-order valence-corrected chi connectivity index (χ3v) is 3.71. The molecule has 0 amide bonds. The first-order valence-corrected chi connectivity index (χ1v) is 6.16. The van der Waals surface area contributed by atoms with Crippen LogP contribution in [0.4, 0.5) is 18.9 Å². The van der Waals surface area contributed by atoms with E-state index in [2.05, 4.69) is 0 Å². The summed E-state index contributed by atoms with van der Waals surface area (Å²) in [5.41, 5.74) is 7.65. The maximum absolute atomic E-state index is 13.4. The van der Waals surface area contributed by atoms with Gasteiger partial charge in [0, 0.05) is 16.8 Å². The van der Waals surface area contributed by atoms with Gasteiger partial charge in [0.05, 0.1) is 17.1 Å². The van der Waals surface area contributed by atoms with Crippen molar-refractivity contribution >= 4 is 29.1 Å². The van der Waals surface area contributed by atoms with Gasteiger partial charge in [-0.2, -0.15) is 17.7 Å². The Bertz CT molecular complexity index is 575. The topological polar surface area (TPSA) is 58.5 Å². The van der Waals surface area contributed by atoms with E-state index in [1.54, 1.807) is 0 Å². The van der Waals surface area contributed by atoms with Crippen molar-refractivity contribution in [1.82, 2.24) is 4.53 Å². The lowest BCUT2D eigenvalue weighted by molar-refractivity contribution is -0.176. The van der Waals surface area contributed by atoms with Crippen LogP contribution in [0.2, 0.25) is 5.02 Å². The predicted molar refractivity (Wildman–Crippen MR) is 71.5 cm³/mol. The van der Waals surface area contributed by atoms with Crippen LogP contribution in [0.15, 0.2) is 35.7 Å². The molecule has 0 aliphatic carbocycles. The lowest BCUT2D eigenvalue weighted by Gasteiger charge is -2.40. The molecule has 0 fully saturated rings. The number of halogens is 5. The first kappa shape index (κ1) is 15.1. The summed E-state index contributed by atoms with van der Waals surface area (Å²) in [6.45, 7) is 1.35. The fraction of sp³-hybridized carbons (Fsp3) is 0.273. The predicted octanol–water partition coefficient (Wildman–Crippen LogP) is 2.94. The minimum Gasteiger partial charge on any atom is -0.397 e. The highest BCUT2D eigenvalue weighted by Gasteiger charge is 2.64. The van der Waals surface area contributed by atoms with Crippen LogP contribution in [0.3, 0.4) is 0 Å². The fourth-order valence-electron chi connectivity index (χ4n) is 1.96. The lowest BCUT2D eigenvalue weighted by Crippen LogP contribution is -2.67. The van der Waals surface area contributed by atoms with Crippen LogP contribution in [0.5, 0.6) is 0 Å². The lowest BCUT2D eigenvalue weighted by atomic mass is 10.1. The van der Waals surface area contributed by atoms with E-state index in [4.69, 9.17) is 34.8 Å². The van der Waals surface area contributed by atoms with Gasteiger partial charge in [0.25, 0.3) is 0 Å². The Morgan fingerprint density at radius 3 is 2.40 bits per heavy atom. The van der Waals surface area contributed by atoms with Crippen molar-refractivity contribution in [2.24, 2.45) is 11.5 Å². The second kappa shape index (κ2) is 4.61. The molecule has 1 atom stereocenters. The number of nitrogens with two attached hydrogens (primary N) is 2. The van der Waals surface area contributed by atoms with Crippen molar-refractivity contribution < 1.29 is 13.2 Å². The average Bonchev–Trinajstić information content (AvgIpc) is 2.51. The largest absolute Gasteiger partial charge is 0.432 e. The van der Waals surface area contributed by atoms with Gasteiger partial charge in [-0.25, -0.2) is 5.01 Å². The Morgan fingerprint density at radius 1 is 1.30 bits per heavy atom. The smallest absolute Gasteiger partial charge is 0.397 e. The molecule has 20 heavy (non-hydrogen) atoms. The first-order chi connectivity index (χ1) is 9.10. The molecule has 1 aromatic rings. The zero-order valence-electron chi connectivity index (χ0n) is 10.2. The highest BCUT2D eigenvalue weighted by Crippen LogP contribution is 2.46. The first-order valence-electron chi connectivity index (χ1n) is 5.44. The Balaban J connectivity index is 2.63. The van der Waals surface area contributed by atoms with Gasteiger partial charge in [-0.1, -0.05) is 17.7 Å². The second-order valence-corrected chi connectivity index (χ2v) is 5.07. The Labute approximate surface area is 123 Å². The molecule has 0 bridgehead atoms. The quantitative estimate of drug-likeness (QED) is 0.779. The average molecular weight is 327 g/mol. The summed E-state index contributed by atoms with van der Waals surface area (Å²) in [5.74, 6) is 0. The number of hydrogen-bond donors (Lipinski definition) is 2. The molecule has 0 saturated heterocycles. The number of hydrazine groups is 1. The summed E-state index contributed by atoms with van der Waals surface area (Å²) in [7, 11) is 0. The monoisotopic (exact) mass is 326 g/mol. The zero-order valence-corrected chi connectivity index (χ0v) is 11.8. The van der Waals surface area contributed by atoms with Crippen LogP contribution in [0.1, 0.15) is 6.92 Å². The van der Waals surface area contributed by atoms with E-state index in [0.29, 0.717) is 5.01 Å². The van der Waals surface area contributed by atoms with Gasteiger partial charge < -0.3 is 5.73 Å². The molecule has 2 rings (SSSR count). The van der Waals surface area contributed by atoms with Crippen LogP contribution in [-0.2, 0) is 0 Å². The number of benzene rings is 1. The summed E-state index contributed by atoms with van der Waals surface area (Å²) in [6.07, 6.45) is -4.83. The molecular weight excluding hydrogens is 316 g/mol. The highest BCUT2D eigenvalue weighted by molar-refractivity contribution is 6.30. The number of nitrogens with zero attached hydrogens (tertiary/aromatic N) is 2. The standard InChI is InChI=1S/C11H11Cl2F3N4/c1-6-9(17)10(18,11(14,15)16)19(20(6)13)8-4-2-3-7(12)5-8/h2-5H,17-18H2,1H3. The molecule has 0 aromatic heterocycles. The Morgan fingerprint density at radius 2 is 1.90 bits per heavy atom. The van der Waals surface area contributed by atoms with Gasteiger partial charge in [0.2, 0.25) is 5.66 Å². The summed E-state index contributed by atoms with van der Waals surface area (Å²) >= 11 is 11.7. The molecule has 110 valence electrons. The van der Waals surface area contributed by atoms with Gasteiger partial charge >= 0.3 is 6.18 Å². The summed E-state index contributed by atoms with van der Waals surface area (Å²) in [4.78, 5) is 0. The number of rotatable bonds is 1. The number of anilines is 1. The van der Waals surface area contributed by atoms with E-state index in [9.17, 15) is 13.2 Å². The Hall–Kier alpha value is -1.31. The molecule has 1 aliphatic heterocycles. The van der Waals surface area contributed by atoms with E-state index in [-0.39, 0.29) is 16.4 Å². The maximum Gasteiger partial charge on any atom is 0.432 e. The van der Waals surface area contributed by atoms with E-state index < -0.39 is 17.5 Å². The van der Waals surface area contributed by atoms with Gasteiger partial charge in [0.15, 0.2) is 0 Å². The number of allylic oxidation sites excluding steroid dienone is 1. The summed E-state index contributed by atoms with van der Waals surface area (Å²) < 4.78 is 40.9. The minimum absolute atomic E-state index is 0.00599. The van der Waals surface area contributed by atoms with E-state index in [0.717, 1.165) is 4.53 Å². The van der Waals surface area contributed by atoms with E-state index in [1.165, 1.54) is 31.2 Å². The molecular formula is C11H11Cl2F3N4. The van der Waals surface area contributed by atoms with Gasteiger partial charge in [-0.3, -0.25) is 5.73 Å². The van der Waals surface area contributed by atoms with Crippen LogP contribution >= 0.6 is 23.4 Å². The van der Waals surface area contributed by atoms with Gasteiger partial charge in [-0.15, -0.1) is 0 Å². The van der Waals surface area contributed by atoms with Gasteiger partial charge in [-0.05, 0) is 25.1 Å². The van der Waals surface area contributed by atoms with Crippen LogP contribution < -0.4 is 16.5 Å². The van der Waals surface area contributed by atoms with Crippen LogP contribution in [-0.4, -0.2) is 16.4 Å². The molecule has 0 spiro atoms. The molecule has 0 saturated carbocycles. The van der Waals surface area contributed by atoms with E-state index >= 15 is 0 Å². The van der Waals surface area contributed by atoms with Crippen molar-refractivity contribution in [3.63, 3.8) is 0 Å². The third-order valence-electron chi connectivity index (χ3n) is 3.07. The molecule has 1 heterocycles. The molecule has 1 unspecified atom stereocenters. The van der Waals surface area contributed by atoms with Gasteiger partial charge in [0.1, 0.15) is 0 Å². The molecule has 1 aromatic carbocycles. The number of alkyl halides is 3. The second-order valence-electron chi connectivity index (χ2n) is 4.32. The normalized spacial score (nSPS) is 23.8. The molecule has 9 heteroatoms. The van der Waals surface area contributed by atoms with Crippen molar-refractivity contribution in [3.8, 4) is 0 Å². The molecule has 1 aliphatic rings. The third kappa shape index (κ3) is 1.97. The van der Waals surface area contributed by atoms with E-state index in [1.807, 2.05) is 0 Å². The fourth-order valence-corrected chi connectivity index (χ4v) is 2.45. The molecule has 4 nitrogen and oxygen atoms in total. The van der Waals surface area contributed by atoms with Crippen molar-refractivity contribution in [3.05, 3.63) is 40.7 Å². The molecule has 0 radical (unpaired) electrons. The van der Waals surface area contributed by atoms with Crippen LogP contribution in [0.25, 0.3) is 0 Å². The SMILES string of the molecule is CC1=C(N)C(N)(C(F)(F)F)N(c2cccc(Cl)c2)N1Cl. The number of hydrogen-bond acceptors (Lipinski definition) is 4. The van der Waals surface area contributed by atoms with Crippen molar-refractivity contribution in [1.29, 1.82) is 0 Å². The summed E-state index contributed by atoms with van der Waals surface area (Å²) in [6, 6.07) is 5.73. The Kier molecular flexibility index (Phi) is 3.48. The summed E-state index contributed by atoms with van der Waals surface area (Å²) in [5, 5.41) is 0.908. The highest BCUT2D eigenvalue weighted by atomic mass is 35.5. The molecule has 4 N–H and O–H groups in total. The zero-order chi connectivity index (χ0) is 15.3.